The van der Waals surface area contributed by atoms with Gasteiger partial charge in [0.05, 0.1) is 0 Å². The summed E-state index contributed by atoms with van der Waals surface area (Å²) in [4.78, 5) is 14.5. The van der Waals surface area contributed by atoms with E-state index in [1.807, 2.05) is 36.4 Å². The van der Waals surface area contributed by atoms with Crippen LogP contribution in [0.25, 0.3) is 0 Å². The SMILES string of the molecule is CC(C)N(C)Cc1ccccc1CNC(=O)CCc1ccccc1N.Cl.Cl. The fraction of sp³-hybridized carbons (Fsp3) is 0.381. The van der Waals surface area contributed by atoms with Gasteiger partial charge in [-0.15, -0.1) is 24.8 Å². The minimum atomic E-state index is 0. The predicted octanol–water partition coefficient (Wildman–Crippen LogP) is 4.20. The Morgan fingerprint density at radius 3 is 2.15 bits per heavy atom. The van der Waals surface area contributed by atoms with Crippen LogP contribution in [0.2, 0.25) is 0 Å². The Hall–Kier alpha value is -1.75. The number of aryl methyl sites for hydroxylation is 1. The van der Waals surface area contributed by atoms with E-state index in [4.69, 9.17) is 5.73 Å². The van der Waals surface area contributed by atoms with Crippen LogP contribution in [0, 0.1) is 0 Å². The molecule has 0 radical (unpaired) electrons. The molecule has 2 rings (SSSR count). The van der Waals surface area contributed by atoms with Gasteiger partial charge in [-0.25, -0.2) is 0 Å². The molecule has 0 heterocycles. The number of nitrogens with two attached hydrogens (primary N) is 1. The summed E-state index contributed by atoms with van der Waals surface area (Å²) in [6.45, 7) is 5.80. The Morgan fingerprint density at radius 1 is 1.00 bits per heavy atom. The molecule has 0 fully saturated rings. The van der Waals surface area contributed by atoms with Gasteiger partial charge in [-0.1, -0.05) is 42.5 Å². The van der Waals surface area contributed by atoms with Gasteiger partial charge in [-0.2, -0.15) is 0 Å². The van der Waals surface area contributed by atoms with E-state index in [1.54, 1.807) is 0 Å². The number of para-hydroxylation sites is 1. The van der Waals surface area contributed by atoms with Crippen molar-refractivity contribution in [2.75, 3.05) is 12.8 Å². The number of hydrogen-bond donors (Lipinski definition) is 2. The van der Waals surface area contributed by atoms with Crippen molar-refractivity contribution in [3.63, 3.8) is 0 Å². The number of anilines is 1. The molecule has 2 aromatic carbocycles. The Morgan fingerprint density at radius 2 is 1.56 bits per heavy atom. The predicted molar refractivity (Wildman–Crippen MR) is 119 cm³/mol. The first-order chi connectivity index (χ1) is 12.0. The fourth-order valence-electron chi connectivity index (χ4n) is 2.63. The molecule has 0 aromatic heterocycles. The van der Waals surface area contributed by atoms with E-state index < -0.39 is 0 Å². The number of benzene rings is 2. The molecular weight excluding hydrogens is 381 g/mol. The Balaban J connectivity index is 0.00000338. The first kappa shape index (κ1) is 25.2. The van der Waals surface area contributed by atoms with Crippen LogP contribution in [0.1, 0.15) is 37.0 Å². The number of nitrogens with one attached hydrogen (secondary N) is 1. The zero-order chi connectivity index (χ0) is 18.2. The highest BCUT2D eigenvalue weighted by Crippen LogP contribution is 2.14. The lowest BCUT2D eigenvalue weighted by Gasteiger charge is -2.22. The maximum Gasteiger partial charge on any atom is 0.220 e. The summed E-state index contributed by atoms with van der Waals surface area (Å²) < 4.78 is 0. The second-order valence-electron chi connectivity index (χ2n) is 6.75. The third kappa shape index (κ3) is 8.21. The van der Waals surface area contributed by atoms with Crippen molar-refractivity contribution in [2.24, 2.45) is 0 Å². The van der Waals surface area contributed by atoms with Crippen molar-refractivity contribution in [2.45, 2.75) is 45.8 Å². The van der Waals surface area contributed by atoms with Gasteiger partial charge < -0.3 is 11.1 Å². The smallest absolute Gasteiger partial charge is 0.220 e. The van der Waals surface area contributed by atoms with Crippen LogP contribution in [0.3, 0.4) is 0 Å². The van der Waals surface area contributed by atoms with E-state index in [0.717, 1.165) is 17.8 Å². The van der Waals surface area contributed by atoms with Gasteiger partial charge in [0.15, 0.2) is 0 Å². The molecule has 4 nitrogen and oxygen atoms in total. The molecule has 1 amide bonds. The van der Waals surface area contributed by atoms with Crippen LogP contribution in [0.15, 0.2) is 48.5 Å². The lowest BCUT2D eigenvalue weighted by atomic mass is 10.1. The average molecular weight is 412 g/mol. The summed E-state index contributed by atoms with van der Waals surface area (Å²) in [7, 11) is 2.12. The van der Waals surface area contributed by atoms with Crippen LogP contribution >= 0.6 is 24.8 Å². The van der Waals surface area contributed by atoms with Crippen molar-refractivity contribution >= 4 is 36.4 Å². The molecule has 0 aliphatic rings. The number of rotatable bonds is 8. The molecule has 6 heteroatoms. The van der Waals surface area contributed by atoms with Gasteiger partial charge in [0.2, 0.25) is 5.91 Å². The number of hydrogen-bond acceptors (Lipinski definition) is 3. The second kappa shape index (κ2) is 12.6. The van der Waals surface area contributed by atoms with Gasteiger partial charge in [-0.05, 0) is 50.1 Å². The normalized spacial score (nSPS) is 10.3. The van der Waals surface area contributed by atoms with E-state index in [0.29, 0.717) is 25.4 Å². The summed E-state index contributed by atoms with van der Waals surface area (Å²) in [6, 6.07) is 16.5. The van der Waals surface area contributed by atoms with Crippen molar-refractivity contribution in [3.8, 4) is 0 Å². The lowest BCUT2D eigenvalue weighted by molar-refractivity contribution is -0.121. The van der Waals surface area contributed by atoms with Crippen LogP contribution in [0.4, 0.5) is 5.69 Å². The molecule has 2 aromatic rings. The Kier molecular flexibility index (Phi) is 11.8. The summed E-state index contributed by atoms with van der Waals surface area (Å²) in [5.41, 5.74) is 10.1. The zero-order valence-corrected chi connectivity index (χ0v) is 17.9. The number of carbonyl (C=O) groups excluding carboxylic acids is 1. The lowest BCUT2D eigenvalue weighted by Crippen LogP contribution is -2.27. The molecule has 0 spiro atoms. The van der Waals surface area contributed by atoms with Crippen LogP contribution in [0.5, 0.6) is 0 Å². The quantitative estimate of drug-likeness (QED) is 0.639. The molecule has 0 saturated heterocycles. The van der Waals surface area contributed by atoms with Gasteiger partial charge in [-0.3, -0.25) is 9.69 Å². The number of halogens is 2. The second-order valence-corrected chi connectivity index (χ2v) is 6.75. The monoisotopic (exact) mass is 411 g/mol. The molecular formula is C21H31Cl2N3O. The number of amides is 1. The summed E-state index contributed by atoms with van der Waals surface area (Å²) >= 11 is 0. The highest BCUT2D eigenvalue weighted by atomic mass is 35.5. The van der Waals surface area contributed by atoms with Crippen molar-refractivity contribution < 1.29 is 4.79 Å². The van der Waals surface area contributed by atoms with Gasteiger partial charge in [0.1, 0.15) is 0 Å². The Labute approximate surface area is 175 Å². The first-order valence-electron chi connectivity index (χ1n) is 8.84. The largest absolute Gasteiger partial charge is 0.399 e. The van der Waals surface area contributed by atoms with E-state index in [9.17, 15) is 4.79 Å². The number of nitrogens with zero attached hydrogens (tertiary/aromatic N) is 1. The van der Waals surface area contributed by atoms with Gasteiger partial charge in [0, 0.05) is 31.2 Å². The molecule has 0 saturated carbocycles. The van der Waals surface area contributed by atoms with Crippen LogP contribution in [-0.4, -0.2) is 23.9 Å². The molecule has 27 heavy (non-hydrogen) atoms. The van der Waals surface area contributed by atoms with Crippen molar-refractivity contribution in [1.82, 2.24) is 10.2 Å². The maximum absolute atomic E-state index is 12.2. The number of carbonyl (C=O) groups is 1. The highest BCUT2D eigenvalue weighted by molar-refractivity contribution is 5.85. The maximum atomic E-state index is 12.2. The molecule has 0 unspecified atom stereocenters. The van der Waals surface area contributed by atoms with Crippen LogP contribution < -0.4 is 11.1 Å². The summed E-state index contributed by atoms with van der Waals surface area (Å²) in [5, 5.41) is 3.03. The Bertz CT molecular complexity index is 707. The summed E-state index contributed by atoms with van der Waals surface area (Å²) in [5.74, 6) is 0.0512. The standard InChI is InChI=1S/C21H29N3O.2ClH/c1-16(2)24(3)15-19-10-5-4-9-18(19)14-23-21(25)13-12-17-8-6-7-11-20(17)22;;/h4-11,16H,12-15,22H2,1-3H3,(H,23,25);2*1H. The minimum Gasteiger partial charge on any atom is -0.399 e. The van der Waals surface area contributed by atoms with Gasteiger partial charge >= 0.3 is 0 Å². The topological polar surface area (TPSA) is 58.4 Å². The van der Waals surface area contributed by atoms with E-state index in [1.165, 1.54) is 11.1 Å². The van der Waals surface area contributed by atoms with Gasteiger partial charge in [0.25, 0.3) is 0 Å². The third-order valence-corrected chi connectivity index (χ3v) is 4.57. The first-order valence-corrected chi connectivity index (χ1v) is 8.84. The molecule has 0 aliphatic heterocycles. The van der Waals surface area contributed by atoms with Crippen LogP contribution in [-0.2, 0) is 24.3 Å². The number of nitrogen functional groups attached to an aromatic ring is 1. The fourth-order valence-corrected chi connectivity index (χ4v) is 2.63. The molecule has 0 bridgehead atoms. The van der Waals surface area contributed by atoms with E-state index in [-0.39, 0.29) is 30.7 Å². The third-order valence-electron chi connectivity index (χ3n) is 4.57. The molecule has 0 aliphatic carbocycles. The molecule has 3 N–H and O–H groups in total. The summed E-state index contributed by atoms with van der Waals surface area (Å²) in [6.07, 6.45) is 1.11. The van der Waals surface area contributed by atoms with Crippen molar-refractivity contribution in [3.05, 3.63) is 65.2 Å². The van der Waals surface area contributed by atoms with E-state index in [2.05, 4.69) is 43.2 Å². The van der Waals surface area contributed by atoms with E-state index >= 15 is 0 Å². The highest BCUT2D eigenvalue weighted by Gasteiger charge is 2.09. The zero-order valence-electron chi connectivity index (χ0n) is 16.3. The van der Waals surface area contributed by atoms with Crippen molar-refractivity contribution in [1.29, 1.82) is 0 Å². The molecule has 150 valence electrons. The molecule has 0 atom stereocenters. The minimum absolute atomic E-state index is 0. The average Bonchev–Trinajstić information content (AvgIpc) is 2.60.